The molecule has 25 heavy (non-hydrogen) atoms. The SMILES string of the molecule is CC1(C)CCC[C@@]2(C)C1CC[C@]1(C(=O)O)C2CC=C(C(=O)O)C[C@H]1O. The smallest absolute Gasteiger partial charge is 0.331 e. The van der Waals surface area contributed by atoms with Gasteiger partial charge in [0.25, 0.3) is 0 Å². The van der Waals surface area contributed by atoms with E-state index in [-0.39, 0.29) is 28.7 Å². The maximum Gasteiger partial charge on any atom is 0.331 e. The summed E-state index contributed by atoms with van der Waals surface area (Å²) in [6.07, 6.45) is 5.22. The predicted octanol–water partition coefficient (Wildman–Crippen LogP) is 3.47. The number of carboxylic acid groups (broad SMARTS) is 2. The van der Waals surface area contributed by atoms with Crippen molar-refractivity contribution in [3.63, 3.8) is 0 Å². The average Bonchev–Trinajstić information content (AvgIpc) is 2.65. The van der Waals surface area contributed by atoms with Crippen molar-refractivity contribution in [2.75, 3.05) is 0 Å². The zero-order valence-electron chi connectivity index (χ0n) is 15.4. The van der Waals surface area contributed by atoms with E-state index in [0.717, 1.165) is 25.7 Å². The number of hydrogen-bond donors (Lipinski definition) is 3. The summed E-state index contributed by atoms with van der Waals surface area (Å²) in [5, 5.41) is 30.4. The Kier molecular flexibility index (Phi) is 4.30. The Bertz CT molecular complexity index is 622. The number of aliphatic carboxylic acids is 2. The number of fused-ring (bicyclic) bond motifs is 3. The van der Waals surface area contributed by atoms with Crippen LogP contribution in [0, 0.1) is 28.1 Å². The van der Waals surface area contributed by atoms with Crippen molar-refractivity contribution in [2.45, 2.75) is 71.8 Å². The van der Waals surface area contributed by atoms with Gasteiger partial charge in [-0.25, -0.2) is 4.79 Å². The van der Waals surface area contributed by atoms with Crippen LogP contribution in [0.2, 0.25) is 0 Å². The second kappa shape index (κ2) is 5.83. The number of hydrogen-bond acceptors (Lipinski definition) is 3. The van der Waals surface area contributed by atoms with Crippen molar-refractivity contribution < 1.29 is 24.9 Å². The van der Waals surface area contributed by atoms with E-state index in [4.69, 9.17) is 0 Å². The molecule has 140 valence electrons. The molecule has 0 aromatic heterocycles. The Balaban J connectivity index is 2.12. The van der Waals surface area contributed by atoms with Gasteiger partial charge < -0.3 is 15.3 Å². The lowest BCUT2D eigenvalue weighted by Gasteiger charge is -2.62. The molecule has 5 heteroatoms. The van der Waals surface area contributed by atoms with E-state index in [0.29, 0.717) is 18.8 Å². The van der Waals surface area contributed by atoms with Crippen molar-refractivity contribution in [3.8, 4) is 0 Å². The second-order valence-corrected chi connectivity index (χ2v) is 9.33. The lowest BCUT2D eigenvalue weighted by Crippen LogP contribution is -2.61. The van der Waals surface area contributed by atoms with Crippen LogP contribution in [0.5, 0.6) is 0 Å². The zero-order chi connectivity index (χ0) is 18.6. The quantitative estimate of drug-likeness (QED) is 0.709. The van der Waals surface area contributed by atoms with Crippen LogP contribution in [-0.4, -0.2) is 33.4 Å². The fourth-order valence-electron chi connectivity index (χ4n) is 6.63. The Hall–Kier alpha value is -1.36. The van der Waals surface area contributed by atoms with Crippen LogP contribution in [0.15, 0.2) is 11.6 Å². The van der Waals surface area contributed by atoms with Gasteiger partial charge in [-0.3, -0.25) is 4.79 Å². The van der Waals surface area contributed by atoms with Crippen molar-refractivity contribution in [1.82, 2.24) is 0 Å². The van der Waals surface area contributed by atoms with E-state index in [1.165, 1.54) is 0 Å². The molecule has 0 heterocycles. The molecule has 0 bridgehead atoms. The van der Waals surface area contributed by atoms with E-state index in [1.54, 1.807) is 6.08 Å². The molecular weight excluding hydrogens is 320 g/mol. The number of carboxylic acids is 2. The van der Waals surface area contributed by atoms with E-state index < -0.39 is 23.5 Å². The highest BCUT2D eigenvalue weighted by atomic mass is 16.4. The van der Waals surface area contributed by atoms with E-state index in [1.807, 2.05) is 0 Å². The molecule has 2 saturated carbocycles. The Morgan fingerprint density at radius 3 is 2.36 bits per heavy atom. The second-order valence-electron chi connectivity index (χ2n) is 9.33. The molecule has 2 fully saturated rings. The summed E-state index contributed by atoms with van der Waals surface area (Å²) >= 11 is 0. The van der Waals surface area contributed by atoms with Gasteiger partial charge in [0, 0.05) is 12.0 Å². The van der Waals surface area contributed by atoms with Crippen LogP contribution >= 0.6 is 0 Å². The molecule has 3 N–H and O–H groups in total. The van der Waals surface area contributed by atoms with Crippen molar-refractivity contribution in [1.29, 1.82) is 0 Å². The van der Waals surface area contributed by atoms with Crippen LogP contribution in [0.1, 0.15) is 65.7 Å². The van der Waals surface area contributed by atoms with Crippen molar-refractivity contribution >= 4 is 11.9 Å². The Morgan fingerprint density at radius 1 is 1.08 bits per heavy atom. The Morgan fingerprint density at radius 2 is 1.76 bits per heavy atom. The topological polar surface area (TPSA) is 94.8 Å². The lowest BCUT2D eigenvalue weighted by atomic mass is 9.42. The number of rotatable bonds is 2. The lowest BCUT2D eigenvalue weighted by molar-refractivity contribution is -0.196. The zero-order valence-corrected chi connectivity index (χ0v) is 15.4. The van der Waals surface area contributed by atoms with Gasteiger partial charge in [0.2, 0.25) is 0 Å². The molecule has 3 aliphatic rings. The number of aliphatic hydroxyl groups excluding tert-OH is 1. The summed E-state index contributed by atoms with van der Waals surface area (Å²) < 4.78 is 0. The van der Waals surface area contributed by atoms with Gasteiger partial charge in [-0.2, -0.15) is 0 Å². The molecule has 5 atom stereocenters. The minimum absolute atomic E-state index is 0.0811. The fraction of sp³-hybridized carbons (Fsp3) is 0.800. The fourth-order valence-corrected chi connectivity index (χ4v) is 6.63. The highest BCUT2D eigenvalue weighted by molar-refractivity contribution is 5.87. The van der Waals surface area contributed by atoms with Crippen molar-refractivity contribution in [2.24, 2.45) is 28.1 Å². The third-order valence-corrected chi connectivity index (χ3v) is 7.82. The maximum absolute atomic E-state index is 12.4. The number of carbonyl (C=O) groups is 2. The first-order valence-electron chi connectivity index (χ1n) is 9.39. The van der Waals surface area contributed by atoms with Gasteiger partial charge in [0.1, 0.15) is 0 Å². The van der Waals surface area contributed by atoms with Gasteiger partial charge in [0.05, 0.1) is 11.5 Å². The van der Waals surface area contributed by atoms with E-state index >= 15 is 0 Å². The molecule has 2 unspecified atom stereocenters. The molecular formula is C20H30O5. The predicted molar refractivity (Wildman–Crippen MR) is 93.0 cm³/mol. The van der Waals surface area contributed by atoms with Gasteiger partial charge in [0.15, 0.2) is 0 Å². The van der Waals surface area contributed by atoms with Crippen LogP contribution in [0.25, 0.3) is 0 Å². The number of allylic oxidation sites excluding steroid dienone is 1. The van der Waals surface area contributed by atoms with E-state index in [9.17, 15) is 24.9 Å². The largest absolute Gasteiger partial charge is 0.481 e. The minimum atomic E-state index is -1.24. The average molecular weight is 350 g/mol. The summed E-state index contributed by atoms with van der Waals surface area (Å²) in [5.41, 5.74) is -1.14. The van der Waals surface area contributed by atoms with Crippen LogP contribution in [0.3, 0.4) is 0 Å². The highest BCUT2D eigenvalue weighted by Gasteiger charge is 2.65. The van der Waals surface area contributed by atoms with Gasteiger partial charge in [-0.15, -0.1) is 0 Å². The standard InChI is InChI=1S/C20H30O5/c1-18(2)8-4-9-19(3)13(18)7-10-20(17(24)25)14(19)6-5-12(16(22)23)11-15(20)21/h5,13-15,21H,4,6-11H2,1-3H3,(H,22,23)(H,24,25)/t13?,14?,15-,19+,20+/m1/s1. The van der Waals surface area contributed by atoms with Crippen molar-refractivity contribution in [3.05, 3.63) is 11.6 Å². The summed E-state index contributed by atoms with van der Waals surface area (Å²) in [4.78, 5) is 23.9. The summed E-state index contributed by atoms with van der Waals surface area (Å²) in [6, 6.07) is 0. The first-order chi connectivity index (χ1) is 11.6. The molecule has 3 rings (SSSR count). The van der Waals surface area contributed by atoms with Gasteiger partial charge >= 0.3 is 11.9 Å². The molecule has 0 amide bonds. The molecule has 0 spiro atoms. The minimum Gasteiger partial charge on any atom is -0.481 e. The summed E-state index contributed by atoms with van der Waals surface area (Å²) in [7, 11) is 0. The third-order valence-electron chi connectivity index (χ3n) is 7.82. The van der Waals surface area contributed by atoms with E-state index in [2.05, 4.69) is 20.8 Å². The summed E-state index contributed by atoms with van der Waals surface area (Å²) in [5.74, 6) is -1.85. The molecule has 0 aromatic carbocycles. The first-order valence-corrected chi connectivity index (χ1v) is 9.39. The molecule has 0 saturated heterocycles. The maximum atomic E-state index is 12.4. The van der Waals surface area contributed by atoms with Crippen LogP contribution in [-0.2, 0) is 9.59 Å². The molecule has 3 aliphatic carbocycles. The first kappa shape index (κ1) is 18.4. The normalized spacial score (nSPS) is 43.2. The van der Waals surface area contributed by atoms with Gasteiger partial charge in [-0.1, -0.05) is 33.3 Å². The van der Waals surface area contributed by atoms with Crippen LogP contribution < -0.4 is 0 Å². The highest BCUT2D eigenvalue weighted by Crippen LogP contribution is 2.66. The monoisotopic (exact) mass is 350 g/mol. The van der Waals surface area contributed by atoms with Gasteiger partial charge in [-0.05, 0) is 54.8 Å². The Labute approximate surface area is 149 Å². The summed E-state index contributed by atoms with van der Waals surface area (Å²) in [6.45, 7) is 6.73. The third kappa shape index (κ3) is 2.54. The number of aliphatic hydroxyl groups is 1. The molecule has 5 nitrogen and oxygen atoms in total. The molecule has 0 aromatic rings. The molecule has 0 radical (unpaired) electrons. The van der Waals surface area contributed by atoms with Crippen LogP contribution in [0.4, 0.5) is 0 Å². The molecule has 0 aliphatic heterocycles.